The van der Waals surface area contributed by atoms with E-state index in [4.69, 9.17) is 32.7 Å². The number of rotatable bonds is 11. The number of ether oxygens (including phenoxy) is 2. The number of hydrogen-bond donors (Lipinski definition) is 1. The zero-order chi connectivity index (χ0) is 28.7. The van der Waals surface area contributed by atoms with Gasteiger partial charge in [0, 0.05) is 29.7 Å². The van der Waals surface area contributed by atoms with Gasteiger partial charge in [0.15, 0.2) is 11.5 Å². The highest BCUT2D eigenvalue weighted by Crippen LogP contribution is 2.32. The molecule has 0 aliphatic heterocycles. The van der Waals surface area contributed by atoms with E-state index in [-0.39, 0.29) is 22.9 Å². The quantitative estimate of drug-likeness (QED) is 0.354. The molecule has 12 heteroatoms. The Kier molecular flexibility index (Phi) is 10.1. The first-order chi connectivity index (χ1) is 18.5. The lowest BCUT2D eigenvalue weighted by atomic mass is 10.1. The van der Waals surface area contributed by atoms with Crippen LogP contribution in [0.4, 0.5) is 5.69 Å². The summed E-state index contributed by atoms with van der Waals surface area (Å²) in [6, 6.07) is 16.1. The number of methoxy groups -OCH3 is 2. The van der Waals surface area contributed by atoms with Crippen molar-refractivity contribution < 1.29 is 27.5 Å². The summed E-state index contributed by atoms with van der Waals surface area (Å²) in [7, 11) is -0.00913. The van der Waals surface area contributed by atoms with Crippen molar-refractivity contribution in [1.82, 2.24) is 10.2 Å². The van der Waals surface area contributed by atoms with E-state index in [0.29, 0.717) is 21.4 Å². The number of nitrogens with one attached hydrogen (secondary N) is 1. The fourth-order valence-corrected chi connectivity index (χ4v) is 5.63. The minimum atomic E-state index is -4.30. The molecule has 0 saturated carbocycles. The molecule has 0 saturated heterocycles. The highest BCUT2D eigenvalue weighted by atomic mass is 35.5. The Morgan fingerprint density at radius 3 is 2.18 bits per heavy atom. The van der Waals surface area contributed by atoms with Gasteiger partial charge in [-0.2, -0.15) is 0 Å². The van der Waals surface area contributed by atoms with E-state index in [1.807, 2.05) is 0 Å². The van der Waals surface area contributed by atoms with Crippen LogP contribution in [-0.2, 0) is 26.2 Å². The van der Waals surface area contributed by atoms with Gasteiger partial charge in [0.25, 0.3) is 10.0 Å². The number of nitrogens with zero attached hydrogens (tertiary/aromatic N) is 2. The standard InChI is InChI=1S/C27H29Cl2N3O6S/c1-18(27(34)30-2)31(16-19-6-5-7-21(29)14-19)26(33)17-32(22-10-8-20(28)9-11-22)39(35,36)23-12-13-24(37-3)25(15-23)38-4/h5-15,18H,16-17H2,1-4H3,(H,30,34). The lowest BCUT2D eigenvalue weighted by molar-refractivity contribution is -0.139. The summed E-state index contributed by atoms with van der Waals surface area (Å²) in [5, 5.41) is 3.39. The summed E-state index contributed by atoms with van der Waals surface area (Å²) in [6.45, 7) is 0.996. The summed E-state index contributed by atoms with van der Waals surface area (Å²) >= 11 is 12.2. The fraction of sp³-hybridized carbons (Fsp3) is 0.259. The molecule has 0 bridgehead atoms. The van der Waals surface area contributed by atoms with E-state index in [2.05, 4.69) is 5.32 Å². The Labute approximate surface area is 238 Å². The van der Waals surface area contributed by atoms with Crippen molar-refractivity contribution in [3.63, 3.8) is 0 Å². The molecule has 1 unspecified atom stereocenters. The normalized spacial score (nSPS) is 11.8. The highest BCUT2D eigenvalue weighted by molar-refractivity contribution is 7.92. The number of carbonyl (C=O) groups excluding carboxylic acids is 2. The topological polar surface area (TPSA) is 105 Å². The van der Waals surface area contributed by atoms with Crippen molar-refractivity contribution in [1.29, 1.82) is 0 Å². The van der Waals surface area contributed by atoms with Crippen molar-refractivity contribution in [3.05, 3.63) is 82.3 Å². The maximum absolute atomic E-state index is 13.9. The van der Waals surface area contributed by atoms with Gasteiger partial charge in [-0.3, -0.25) is 13.9 Å². The zero-order valence-electron chi connectivity index (χ0n) is 21.9. The lowest BCUT2D eigenvalue weighted by Crippen LogP contribution is -2.50. The number of benzene rings is 3. The van der Waals surface area contributed by atoms with E-state index in [9.17, 15) is 18.0 Å². The van der Waals surface area contributed by atoms with Gasteiger partial charge in [0.05, 0.1) is 24.8 Å². The molecule has 3 rings (SSSR count). The van der Waals surface area contributed by atoms with Crippen LogP contribution in [0.25, 0.3) is 0 Å². The van der Waals surface area contributed by atoms with Gasteiger partial charge < -0.3 is 19.7 Å². The molecule has 0 radical (unpaired) electrons. The van der Waals surface area contributed by atoms with Gasteiger partial charge in [0.1, 0.15) is 12.6 Å². The Morgan fingerprint density at radius 2 is 1.59 bits per heavy atom. The zero-order valence-corrected chi connectivity index (χ0v) is 24.2. The molecule has 1 N–H and O–H groups in total. The van der Waals surface area contributed by atoms with Crippen LogP contribution in [0, 0.1) is 0 Å². The van der Waals surface area contributed by atoms with E-state index < -0.39 is 34.4 Å². The average Bonchev–Trinajstić information content (AvgIpc) is 2.93. The molecule has 3 aromatic carbocycles. The molecule has 0 aromatic heterocycles. The number of sulfonamides is 1. The number of hydrogen-bond acceptors (Lipinski definition) is 6. The lowest BCUT2D eigenvalue weighted by Gasteiger charge is -2.32. The molecule has 208 valence electrons. The Balaban J connectivity index is 2.07. The molecule has 0 aliphatic rings. The van der Waals surface area contributed by atoms with Crippen molar-refractivity contribution in [2.75, 3.05) is 32.1 Å². The Morgan fingerprint density at radius 1 is 0.923 bits per heavy atom. The predicted octanol–water partition coefficient (Wildman–Crippen LogP) is 4.37. The predicted molar refractivity (Wildman–Crippen MR) is 151 cm³/mol. The Hall–Kier alpha value is -3.47. The molecule has 0 aliphatic carbocycles. The maximum atomic E-state index is 13.9. The van der Waals surface area contributed by atoms with E-state index in [1.54, 1.807) is 31.2 Å². The van der Waals surface area contributed by atoms with Gasteiger partial charge in [-0.1, -0.05) is 35.3 Å². The second-order valence-corrected chi connectivity index (χ2v) is 11.2. The van der Waals surface area contributed by atoms with Crippen LogP contribution in [0.15, 0.2) is 71.6 Å². The van der Waals surface area contributed by atoms with Crippen LogP contribution >= 0.6 is 23.2 Å². The fourth-order valence-electron chi connectivity index (χ4n) is 3.86. The second kappa shape index (κ2) is 13.1. The van der Waals surface area contributed by atoms with Crippen LogP contribution in [0.2, 0.25) is 10.0 Å². The first kappa shape index (κ1) is 30.1. The van der Waals surface area contributed by atoms with Gasteiger partial charge in [-0.05, 0) is 61.0 Å². The molecule has 3 aromatic rings. The van der Waals surface area contributed by atoms with Crippen molar-refractivity contribution in [2.45, 2.75) is 24.4 Å². The van der Waals surface area contributed by atoms with E-state index >= 15 is 0 Å². The number of halogens is 2. The molecule has 0 heterocycles. The van der Waals surface area contributed by atoms with Crippen LogP contribution in [0.1, 0.15) is 12.5 Å². The average molecular weight is 595 g/mol. The molecule has 1 atom stereocenters. The first-order valence-corrected chi connectivity index (χ1v) is 14.0. The number of likely N-dealkylation sites (N-methyl/N-ethyl adjacent to an activating group) is 1. The number of amides is 2. The molecule has 39 heavy (non-hydrogen) atoms. The SMILES string of the molecule is CNC(=O)C(C)N(Cc1cccc(Cl)c1)C(=O)CN(c1ccc(Cl)cc1)S(=O)(=O)c1ccc(OC)c(OC)c1. The molecule has 9 nitrogen and oxygen atoms in total. The highest BCUT2D eigenvalue weighted by Gasteiger charge is 2.33. The van der Waals surface area contributed by atoms with Crippen LogP contribution in [-0.4, -0.2) is 59.0 Å². The monoisotopic (exact) mass is 593 g/mol. The van der Waals surface area contributed by atoms with Crippen LogP contribution in [0.3, 0.4) is 0 Å². The Bertz CT molecular complexity index is 1430. The maximum Gasteiger partial charge on any atom is 0.264 e. The minimum Gasteiger partial charge on any atom is -0.493 e. The first-order valence-electron chi connectivity index (χ1n) is 11.8. The van der Waals surface area contributed by atoms with Gasteiger partial charge >= 0.3 is 0 Å². The smallest absolute Gasteiger partial charge is 0.264 e. The summed E-state index contributed by atoms with van der Waals surface area (Å²) < 4.78 is 39.3. The summed E-state index contributed by atoms with van der Waals surface area (Å²) in [5.41, 5.74) is 0.880. The van der Waals surface area contributed by atoms with Crippen molar-refractivity contribution in [3.8, 4) is 11.5 Å². The summed E-state index contributed by atoms with van der Waals surface area (Å²) in [5.74, 6) is -0.467. The largest absolute Gasteiger partial charge is 0.493 e. The third-order valence-electron chi connectivity index (χ3n) is 5.99. The number of anilines is 1. The van der Waals surface area contributed by atoms with Crippen molar-refractivity contribution in [2.24, 2.45) is 0 Å². The molecule has 2 amide bonds. The van der Waals surface area contributed by atoms with Crippen LogP contribution in [0.5, 0.6) is 11.5 Å². The van der Waals surface area contributed by atoms with E-state index in [0.717, 1.165) is 4.31 Å². The van der Waals surface area contributed by atoms with Gasteiger partial charge in [-0.15, -0.1) is 0 Å². The van der Waals surface area contributed by atoms with Gasteiger partial charge in [0.2, 0.25) is 11.8 Å². The van der Waals surface area contributed by atoms with Gasteiger partial charge in [-0.25, -0.2) is 8.42 Å². The third-order valence-corrected chi connectivity index (χ3v) is 8.25. The summed E-state index contributed by atoms with van der Waals surface area (Å²) in [4.78, 5) is 27.5. The molecule has 0 spiro atoms. The van der Waals surface area contributed by atoms with E-state index in [1.165, 1.54) is 68.6 Å². The molecular formula is C27H29Cl2N3O6S. The summed E-state index contributed by atoms with van der Waals surface area (Å²) in [6.07, 6.45) is 0. The third kappa shape index (κ3) is 7.14. The molecular weight excluding hydrogens is 565 g/mol. The number of carbonyl (C=O) groups is 2. The minimum absolute atomic E-state index is 0.0266. The molecule has 0 fully saturated rings. The van der Waals surface area contributed by atoms with Crippen molar-refractivity contribution >= 4 is 50.7 Å². The van der Waals surface area contributed by atoms with Crippen LogP contribution < -0.4 is 19.1 Å². The second-order valence-electron chi connectivity index (χ2n) is 8.45.